The number of unbranched alkanes of at least 4 members (excludes halogenated alkanes) is 5. The molecule has 2 aliphatic rings. The fourth-order valence-electron chi connectivity index (χ4n) is 6.60. The van der Waals surface area contributed by atoms with Gasteiger partial charge in [0.25, 0.3) is 23.6 Å². The molecular weight excluding hydrogens is 720 g/mol. The average molecular weight is 769 g/mol. The molecule has 0 bridgehead atoms. The number of hydrogen-bond donors (Lipinski definition) is 6. The molecule has 0 aliphatic carbocycles. The minimum absolute atomic E-state index is 0.0314. The Morgan fingerprint density at radius 2 is 1.48 bits per heavy atom. The molecule has 5 rings (SSSR count). The quantitative estimate of drug-likeness (QED) is 0.0398. The van der Waals surface area contributed by atoms with Crippen LogP contribution in [-0.2, 0) is 20.8 Å². The zero-order chi connectivity index (χ0) is 39.9. The van der Waals surface area contributed by atoms with Crippen LogP contribution in [-0.4, -0.2) is 83.7 Å². The van der Waals surface area contributed by atoms with Crippen LogP contribution in [0.1, 0.15) is 111 Å². The van der Waals surface area contributed by atoms with E-state index in [9.17, 15) is 33.6 Å². The molecule has 0 spiro atoms. The van der Waals surface area contributed by atoms with Crippen molar-refractivity contribution in [2.45, 2.75) is 76.7 Å². The molecule has 3 aromatic rings. The third-order valence-corrected chi connectivity index (χ3v) is 9.64. The lowest BCUT2D eigenvalue weighted by molar-refractivity contribution is -0.136. The molecular formula is C41H48N6O9. The van der Waals surface area contributed by atoms with Crippen molar-refractivity contribution in [2.24, 2.45) is 0 Å². The van der Waals surface area contributed by atoms with Crippen LogP contribution in [0.5, 0.6) is 5.75 Å². The molecule has 1 atom stereocenters. The highest BCUT2D eigenvalue weighted by Crippen LogP contribution is 2.32. The number of ether oxygens (including phenoxy) is 1. The number of nitrogens with zero attached hydrogens (tertiary/aromatic N) is 1. The Morgan fingerprint density at radius 3 is 2.25 bits per heavy atom. The second-order valence-corrected chi connectivity index (χ2v) is 13.7. The molecule has 6 N–H and O–H groups in total. The summed E-state index contributed by atoms with van der Waals surface area (Å²) in [6, 6.07) is 17.8. The molecule has 0 radical (unpaired) electrons. The van der Waals surface area contributed by atoms with Crippen molar-refractivity contribution in [1.82, 2.24) is 26.3 Å². The molecule has 15 heteroatoms. The Morgan fingerprint density at radius 1 is 0.768 bits per heavy atom. The van der Waals surface area contributed by atoms with E-state index >= 15 is 0 Å². The fourth-order valence-corrected chi connectivity index (χ4v) is 6.60. The average Bonchev–Trinajstić information content (AvgIpc) is 3.46. The summed E-state index contributed by atoms with van der Waals surface area (Å²) in [7, 11) is 0. The van der Waals surface area contributed by atoms with Gasteiger partial charge in [0.15, 0.2) is 0 Å². The summed E-state index contributed by atoms with van der Waals surface area (Å²) < 4.78 is 5.85. The molecule has 296 valence electrons. The van der Waals surface area contributed by atoms with Crippen molar-refractivity contribution in [3.63, 3.8) is 0 Å². The van der Waals surface area contributed by atoms with Crippen LogP contribution in [0.4, 0.5) is 5.69 Å². The van der Waals surface area contributed by atoms with Gasteiger partial charge in [0.05, 0.1) is 17.7 Å². The summed E-state index contributed by atoms with van der Waals surface area (Å²) in [5.74, 6) is -2.33. The SMILES string of the molecule is O=C(CCCCCCOc1ccc(CCNC(=O)c2cccc(C(=O)NO)c2)cc1)NCCCCCNc1cccc2c1C(=O)N(C1CCC(=O)NC1=O)C2=O. The van der Waals surface area contributed by atoms with Crippen LogP contribution < -0.4 is 31.5 Å². The van der Waals surface area contributed by atoms with E-state index in [2.05, 4.69) is 21.3 Å². The van der Waals surface area contributed by atoms with Gasteiger partial charge < -0.3 is 20.7 Å². The van der Waals surface area contributed by atoms with Gasteiger partial charge in [-0.25, -0.2) is 5.48 Å². The number of piperidine rings is 1. The number of amides is 7. The first-order valence-corrected chi connectivity index (χ1v) is 19.1. The van der Waals surface area contributed by atoms with Crippen molar-refractivity contribution in [1.29, 1.82) is 0 Å². The standard InChI is InChI=1S/C41H48N6O9/c48-34(43-23-6-3-5-22-42-32-13-9-12-31-36(32)41(54)47(40(31)53)33-19-20-35(49)45-39(33)52)14-4-1-2-7-25-56-30-17-15-27(16-18-30)21-24-44-37(50)28-10-8-11-29(26-28)38(51)46-55/h8-13,15-18,26,33,42,55H,1-7,14,19-25H2,(H,43,48)(H,44,50)(H,46,51)(H,45,49,52). The van der Waals surface area contributed by atoms with E-state index < -0.39 is 35.6 Å². The van der Waals surface area contributed by atoms with E-state index in [1.807, 2.05) is 24.3 Å². The Hall–Kier alpha value is -6.09. The van der Waals surface area contributed by atoms with E-state index in [1.165, 1.54) is 12.1 Å². The lowest BCUT2D eigenvalue weighted by Crippen LogP contribution is -2.54. The van der Waals surface area contributed by atoms with E-state index in [0.29, 0.717) is 50.3 Å². The molecule has 2 aliphatic heterocycles. The fraction of sp³-hybridized carbons (Fsp3) is 0.390. The summed E-state index contributed by atoms with van der Waals surface area (Å²) in [6.07, 6.45) is 7.26. The Labute approximate surface area is 324 Å². The third kappa shape index (κ3) is 11.2. The maximum atomic E-state index is 13.2. The van der Waals surface area contributed by atoms with Gasteiger partial charge in [-0.2, -0.15) is 0 Å². The second-order valence-electron chi connectivity index (χ2n) is 13.7. The molecule has 1 fully saturated rings. The first-order valence-electron chi connectivity index (χ1n) is 19.1. The van der Waals surface area contributed by atoms with E-state index in [4.69, 9.17) is 9.94 Å². The Balaban J connectivity index is 0.865. The number of carbonyl (C=O) groups is 7. The van der Waals surface area contributed by atoms with Crippen LogP contribution >= 0.6 is 0 Å². The number of benzene rings is 3. The molecule has 1 unspecified atom stereocenters. The smallest absolute Gasteiger partial charge is 0.274 e. The zero-order valence-corrected chi connectivity index (χ0v) is 31.2. The van der Waals surface area contributed by atoms with Crippen molar-refractivity contribution >= 4 is 47.0 Å². The van der Waals surface area contributed by atoms with Crippen LogP contribution in [0.15, 0.2) is 66.7 Å². The van der Waals surface area contributed by atoms with Gasteiger partial charge in [-0.15, -0.1) is 0 Å². The van der Waals surface area contributed by atoms with Crippen molar-refractivity contribution in [2.75, 3.05) is 31.6 Å². The van der Waals surface area contributed by atoms with Gasteiger partial charge in [0, 0.05) is 49.3 Å². The van der Waals surface area contributed by atoms with E-state index in [-0.39, 0.29) is 41.3 Å². The number of hydrogen-bond acceptors (Lipinski definition) is 10. The number of hydroxylamine groups is 1. The predicted octanol–water partition coefficient (Wildman–Crippen LogP) is 3.91. The van der Waals surface area contributed by atoms with Crippen molar-refractivity contribution in [3.05, 3.63) is 94.5 Å². The molecule has 7 amide bonds. The number of imide groups is 2. The molecule has 1 saturated heterocycles. The highest BCUT2D eigenvalue weighted by molar-refractivity contribution is 6.25. The number of fused-ring (bicyclic) bond motifs is 1. The normalized spacial score (nSPS) is 14.9. The van der Waals surface area contributed by atoms with E-state index in [0.717, 1.165) is 61.2 Å². The van der Waals surface area contributed by atoms with Crippen LogP contribution in [0.3, 0.4) is 0 Å². The molecule has 3 aromatic carbocycles. The van der Waals surface area contributed by atoms with Gasteiger partial charge in [0.2, 0.25) is 17.7 Å². The largest absolute Gasteiger partial charge is 0.494 e. The molecule has 0 aromatic heterocycles. The minimum atomic E-state index is -1.01. The summed E-state index contributed by atoms with van der Waals surface area (Å²) >= 11 is 0. The van der Waals surface area contributed by atoms with Gasteiger partial charge in [-0.1, -0.05) is 37.1 Å². The Bertz CT molecular complexity index is 1920. The highest BCUT2D eigenvalue weighted by Gasteiger charge is 2.45. The zero-order valence-electron chi connectivity index (χ0n) is 31.2. The van der Waals surface area contributed by atoms with Gasteiger partial charge >= 0.3 is 0 Å². The second kappa shape index (κ2) is 20.6. The van der Waals surface area contributed by atoms with Gasteiger partial charge in [-0.3, -0.25) is 49.0 Å². The number of anilines is 1. The van der Waals surface area contributed by atoms with Crippen molar-refractivity contribution in [3.8, 4) is 5.75 Å². The maximum Gasteiger partial charge on any atom is 0.274 e. The summed E-state index contributed by atoms with van der Waals surface area (Å²) in [5, 5.41) is 20.0. The minimum Gasteiger partial charge on any atom is -0.494 e. The topological polar surface area (TPSA) is 212 Å². The van der Waals surface area contributed by atoms with Crippen LogP contribution in [0.25, 0.3) is 0 Å². The molecule has 56 heavy (non-hydrogen) atoms. The molecule has 0 saturated carbocycles. The number of nitrogens with one attached hydrogen (secondary N) is 5. The summed E-state index contributed by atoms with van der Waals surface area (Å²) in [4.78, 5) is 87.3. The first kappa shape index (κ1) is 41.1. The lowest BCUT2D eigenvalue weighted by Gasteiger charge is -2.27. The van der Waals surface area contributed by atoms with Crippen LogP contribution in [0, 0.1) is 0 Å². The van der Waals surface area contributed by atoms with Gasteiger partial charge in [0.1, 0.15) is 11.8 Å². The monoisotopic (exact) mass is 768 g/mol. The first-order chi connectivity index (χ1) is 27.2. The number of carbonyl (C=O) groups excluding carboxylic acids is 7. The summed E-state index contributed by atoms with van der Waals surface area (Å²) in [6.45, 7) is 2.13. The summed E-state index contributed by atoms with van der Waals surface area (Å²) in [5.41, 5.74) is 4.11. The highest BCUT2D eigenvalue weighted by atomic mass is 16.5. The van der Waals surface area contributed by atoms with E-state index in [1.54, 1.807) is 35.8 Å². The number of rotatable bonds is 21. The third-order valence-electron chi connectivity index (χ3n) is 9.64. The predicted molar refractivity (Wildman–Crippen MR) is 205 cm³/mol. The Kier molecular flexibility index (Phi) is 15.1. The van der Waals surface area contributed by atoms with Crippen molar-refractivity contribution < 1.29 is 43.5 Å². The molecule has 2 heterocycles. The van der Waals surface area contributed by atoms with Gasteiger partial charge in [-0.05, 0) is 93.0 Å². The molecule has 15 nitrogen and oxygen atoms in total. The van der Waals surface area contributed by atoms with Crippen LogP contribution in [0.2, 0.25) is 0 Å². The lowest BCUT2D eigenvalue weighted by atomic mass is 10.0. The maximum absolute atomic E-state index is 13.2.